The van der Waals surface area contributed by atoms with E-state index in [1.807, 2.05) is 6.07 Å². The summed E-state index contributed by atoms with van der Waals surface area (Å²) in [5.41, 5.74) is 1.19. The monoisotopic (exact) mass is 305 g/mol. The lowest BCUT2D eigenvalue weighted by atomic mass is 10.1. The molecule has 1 rings (SSSR count). The number of rotatable bonds is 13. The quantitative estimate of drug-likeness (QED) is 0.411. The number of hydrogen-bond acceptors (Lipinski definition) is 2. The topological polar surface area (TPSA) is 12.5 Å². The number of nitrogens with zero attached hydrogens (tertiary/aromatic N) is 1. The average Bonchev–Trinajstić information content (AvgIpc) is 2.53. The van der Waals surface area contributed by atoms with Crippen molar-refractivity contribution in [1.29, 1.82) is 0 Å². The highest BCUT2D eigenvalue weighted by Gasteiger charge is 1.98. The molecule has 1 aromatic rings. The molecule has 22 heavy (non-hydrogen) atoms. The van der Waals surface area contributed by atoms with Crippen LogP contribution in [0.5, 0.6) is 5.75 Å². The van der Waals surface area contributed by atoms with Gasteiger partial charge in [-0.3, -0.25) is 0 Å². The molecule has 0 N–H and O–H groups in total. The molecule has 0 aliphatic rings. The first-order chi connectivity index (χ1) is 10.7. The van der Waals surface area contributed by atoms with Crippen molar-refractivity contribution >= 4 is 5.69 Å². The first-order valence-corrected chi connectivity index (χ1v) is 9.14. The molecule has 1 aromatic carbocycles. The fraction of sp³-hybridized carbons (Fsp3) is 0.700. The third-order valence-corrected chi connectivity index (χ3v) is 4.10. The minimum Gasteiger partial charge on any atom is -0.494 e. The van der Waals surface area contributed by atoms with Gasteiger partial charge in [0, 0.05) is 25.8 Å². The first-order valence-electron chi connectivity index (χ1n) is 9.14. The van der Waals surface area contributed by atoms with Crippen LogP contribution in [0.2, 0.25) is 0 Å². The van der Waals surface area contributed by atoms with Crippen molar-refractivity contribution < 1.29 is 4.74 Å². The molecule has 126 valence electrons. The normalized spacial score (nSPS) is 10.7. The van der Waals surface area contributed by atoms with Crippen molar-refractivity contribution in [3.63, 3.8) is 0 Å². The van der Waals surface area contributed by atoms with Gasteiger partial charge in [0.05, 0.1) is 6.61 Å². The Bertz CT molecular complexity index is 376. The summed E-state index contributed by atoms with van der Waals surface area (Å²) in [4.78, 5) is 2.10. The molecule has 0 amide bonds. The molecule has 2 heteroatoms. The Morgan fingerprint density at radius 3 is 2.00 bits per heavy atom. The van der Waals surface area contributed by atoms with Gasteiger partial charge in [-0.2, -0.15) is 0 Å². The number of benzene rings is 1. The molecule has 0 saturated heterocycles. The van der Waals surface area contributed by atoms with Gasteiger partial charge in [0.2, 0.25) is 0 Å². The van der Waals surface area contributed by atoms with Gasteiger partial charge < -0.3 is 9.64 Å². The molecule has 0 spiro atoms. The summed E-state index contributed by atoms with van der Waals surface area (Å²) in [6, 6.07) is 8.32. The lowest BCUT2D eigenvalue weighted by molar-refractivity contribution is 0.304. The molecular weight excluding hydrogens is 270 g/mol. The van der Waals surface area contributed by atoms with Gasteiger partial charge in [-0.1, -0.05) is 70.8 Å². The van der Waals surface area contributed by atoms with E-state index in [9.17, 15) is 0 Å². The van der Waals surface area contributed by atoms with E-state index in [4.69, 9.17) is 4.74 Å². The molecule has 0 bridgehead atoms. The molecule has 0 atom stereocenters. The van der Waals surface area contributed by atoms with Crippen molar-refractivity contribution in [1.82, 2.24) is 0 Å². The second kappa shape index (κ2) is 12.4. The van der Waals surface area contributed by atoms with Crippen LogP contribution in [0.3, 0.4) is 0 Å². The highest BCUT2D eigenvalue weighted by atomic mass is 16.5. The van der Waals surface area contributed by atoms with Gasteiger partial charge in [-0.25, -0.2) is 0 Å². The van der Waals surface area contributed by atoms with Crippen LogP contribution in [0, 0.1) is 0 Å². The van der Waals surface area contributed by atoms with Gasteiger partial charge >= 0.3 is 0 Å². The summed E-state index contributed by atoms with van der Waals surface area (Å²) in [6.45, 7) is 3.12. The molecule has 0 aliphatic heterocycles. The summed E-state index contributed by atoms with van der Waals surface area (Å²) < 4.78 is 5.84. The van der Waals surface area contributed by atoms with E-state index in [-0.39, 0.29) is 0 Å². The van der Waals surface area contributed by atoms with E-state index < -0.39 is 0 Å². The van der Waals surface area contributed by atoms with Crippen LogP contribution < -0.4 is 9.64 Å². The van der Waals surface area contributed by atoms with Gasteiger partial charge in [-0.15, -0.1) is 0 Å². The van der Waals surface area contributed by atoms with Crippen LogP contribution in [0.4, 0.5) is 5.69 Å². The van der Waals surface area contributed by atoms with Crippen LogP contribution in [0.1, 0.15) is 71.1 Å². The summed E-state index contributed by atoms with van der Waals surface area (Å²) in [5, 5.41) is 0. The Morgan fingerprint density at radius 1 is 0.818 bits per heavy atom. The molecule has 0 aliphatic carbocycles. The predicted molar refractivity (Wildman–Crippen MR) is 98.1 cm³/mol. The Labute approximate surface area is 137 Å². The first kappa shape index (κ1) is 18.9. The number of anilines is 1. The average molecular weight is 306 g/mol. The molecule has 0 saturated carbocycles. The minimum absolute atomic E-state index is 0.841. The van der Waals surface area contributed by atoms with Crippen molar-refractivity contribution in [2.45, 2.75) is 71.1 Å². The zero-order chi connectivity index (χ0) is 16.0. The number of ether oxygens (including phenoxy) is 1. The van der Waals surface area contributed by atoms with E-state index >= 15 is 0 Å². The molecular formula is C20H35NO. The van der Waals surface area contributed by atoms with E-state index in [0.717, 1.165) is 12.4 Å². The molecule has 2 nitrogen and oxygen atoms in total. The summed E-state index contributed by atoms with van der Waals surface area (Å²) in [6.07, 6.45) is 13.7. The highest BCUT2D eigenvalue weighted by Crippen LogP contribution is 2.19. The Hall–Kier alpha value is -1.18. The molecule has 0 aromatic heterocycles. The van der Waals surface area contributed by atoms with Crippen molar-refractivity contribution in [2.75, 3.05) is 25.6 Å². The SMILES string of the molecule is CCCCCCCCCCCCOc1cccc(N(C)C)c1. The predicted octanol–water partition coefficient (Wildman–Crippen LogP) is 6.05. The van der Waals surface area contributed by atoms with Crippen LogP contribution in [0.15, 0.2) is 24.3 Å². The van der Waals surface area contributed by atoms with Crippen LogP contribution in [-0.2, 0) is 0 Å². The Morgan fingerprint density at radius 2 is 1.41 bits per heavy atom. The zero-order valence-corrected chi connectivity index (χ0v) is 14.9. The largest absolute Gasteiger partial charge is 0.494 e. The lowest BCUT2D eigenvalue weighted by Gasteiger charge is -2.14. The van der Waals surface area contributed by atoms with Gasteiger partial charge in [0.1, 0.15) is 5.75 Å². The van der Waals surface area contributed by atoms with E-state index in [0.29, 0.717) is 0 Å². The zero-order valence-electron chi connectivity index (χ0n) is 14.9. The second-order valence-corrected chi connectivity index (χ2v) is 6.42. The summed E-state index contributed by atoms with van der Waals surface area (Å²) in [5.74, 6) is 0.988. The molecule has 0 unspecified atom stereocenters. The summed E-state index contributed by atoms with van der Waals surface area (Å²) in [7, 11) is 4.11. The van der Waals surface area contributed by atoms with Gasteiger partial charge in [0.15, 0.2) is 0 Å². The smallest absolute Gasteiger partial charge is 0.121 e. The lowest BCUT2D eigenvalue weighted by Crippen LogP contribution is -2.08. The van der Waals surface area contributed by atoms with Crippen molar-refractivity contribution in [3.05, 3.63) is 24.3 Å². The maximum Gasteiger partial charge on any atom is 0.121 e. The molecule has 0 fully saturated rings. The molecule has 0 radical (unpaired) electrons. The standard InChI is InChI=1S/C20H35NO/c1-4-5-6-7-8-9-10-11-12-13-17-22-20-16-14-15-19(18-20)21(2)3/h14-16,18H,4-13,17H2,1-3H3. The second-order valence-electron chi connectivity index (χ2n) is 6.42. The van der Waals surface area contributed by atoms with Crippen LogP contribution in [0.25, 0.3) is 0 Å². The van der Waals surface area contributed by atoms with E-state index in [1.54, 1.807) is 0 Å². The van der Waals surface area contributed by atoms with Crippen LogP contribution >= 0.6 is 0 Å². The Kier molecular flexibility index (Phi) is 10.6. The van der Waals surface area contributed by atoms with Crippen molar-refractivity contribution in [2.24, 2.45) is 0 Å². The Balaban J connectivity index is 1.96. The van der Waals surface area contributed by atoms with E-state index in [2.05, 4.69) is 44.1 Å². The number of hydrogen-bond donors (Lipinski definition) is 0. The fourth-order valence-corrected chi connectivity index (χ4v) is 2.63. The van der Waals surface area contributed by atoms with E-state index in [1.165, 1.54) is 69.9 Å². The highest BCUT2D eigenvalue weighted by molar-refractivity contribution is 5.49. The fourth-order valence-electron chi connectivity index (χ4n) is 2.63. The minimum atomic E-state index is 0.841. The third kappa shape index (κ3) is 8.96. The van der Waals surface area contributed by atoms with Gasteiger partial charge in [0.25, 0.3) is 0 Å². The third-order valence-electron chi connectivity index (χ3n) is 4.10. The number of unbranched alkanes of at least 4 members (excludes halogenated alkanes) is 9. The van der Waals surface area contributed by atoms with Crippen LogP contribution in [-0.4, -0.2) is 20.7 Å². The molecule has 0 heterocycles. The maximum atomic E-state index is 5.84. The van der Waals surface area contributed by atoms with Gasteiger partial charge in [-0.05, 0) is 18.6 Å². The summed E-state index contributed by atoms with van der Waals surface area (Å²) >= 11 is 0. The maximum absolute atomic E-state index is 5.84. The van der Waals surface area contributed by atoms with Crippen molar-refractivity contribution in [3.8, 4) is 5.75 Å².